The third kappa shape index (κ3) is 4.68. The number of aryl methyl sites for hydroxylation is 2. The Morgan fingerprint density at radius 2 is 1.92 bits per heavy atom. The number of nitrogens with zero attached hydrogens (tertiary/aromatic N) is 4. The lowest BCUT2D eigenvalue weighted by Gasteiger charge is -2.29. The number of alkyl halides is 3. The standard InChI is InChI=1S/C25H24F3N5O4/c1-13(15-8-16(25(26,27)28)10-17(9-15)33(35)36)29-24-20-11-21(32-6-7-37-12-22(32)34)18-4-3-5-19(18)23(20)30-14(2)31-24/h8-11,13H,3-7,12H2,1-2H3,(H,29,30,31). The summed E-state index contributed by atoms with van der Waals surface area (Å²) >= 11 is 0. The largest absolute Gasteiger partial charge is 0.416 e. The van der Waals surface area contributed by atoms with Crippen LogP contribution < -0.4 is 10.2 Å². The number of non-ortho nitro benzene ring substituents is 1. The van der Waals surface area contributed by atoms with Crippen molar-refractivity contribution in [1.82, 2.24) is 9.97 Å². The summed E-state index contributed by atoms with van der Waals surface area (Å²) in [6, 6.07) is 3.65. The monoisotopic (exact) mass is 515 g/mol. The first-order valence-corrected chi connectivity index (χ1v) is 11.9. The van der Waals surface area contributed by atoms with Crippen LogP contribution in [0.2, 0.25) is 0 Å². The van der Waals surface area contributed by atoms with Gasteiger partial charge in [0.2, 0.25) is 0 Å². The fourth-order valence-corrected chi connectivity index (χ4v) is 5.03. The molecular formula is C25H24F3N5O4. The molecule has 1 atom stereocenters. The molecule has 194 valence electrons. The molecular weight excluding hydrogens is 491 g/mol. The van der Waals surface area contributed by atoms with Crippen molar-refractivity contribution in [1.29, 1.82) is 0 Å². The number of carbonyl (C=O) groups excluding carboxylic acids is 1. The Morgan fingerprint density at radius 3 is 2.62 bits per heavy atom. The van der Waals surface area contributed by atoms with Crippen molar-refractivity contribution >= 4 is 34.0 Å². The summed E-state index contributed by atoms with van der Waals surface area (Å²) < 4.78 is 45.6. The maximum absolute atomic E-state index is 13.4. The second kappa shape index (κ2) is 9.25. The highest BCUT2D eigenvalue weighted by atomic mass is 19.4. The first kappa shape index (κ1) is 24.9. The lowest BCUT2D eigenvalue weighted by atomic mass is 10.0. The van der Waals surface area contributed by atoms with Crippen LogP contribution in [0.5, 0.6) is 0 Å². The minimum Gasteiger partial charge on any atom is -0.370 e. The molecule has 2 aromatic carbocycles. The normalized spacial score (nSPS) is 16.7. The number of hydrogen-bond acceptors (Lipinski definition) is 7. The number of morpholine rings is 1. The Balaban J connectivity index is 1.61. The van der Waals surface area contributed by atoms with Gasteiger partial charge in [-0.2, -0.15) is 13.2 Å². The molecule has 1 aliphatic heterocycles. The fraction of sp³-hybridized carbons (Fsp3) is 0.400. The van der Waals surface area contributed by atoms with Crippen molar-refractivity contribution in [3.05, 3.63) is 62.5 Å². The number of benzene rings is 2. The summed E-state index contributed by atoms with van der Waals surface area (Å²) in [6.45, 7) is 4.16. The lowest BCUT2D eigenvalue weighted by molar-refractivity contribution is -0.385. The third-order valence-corrected chi connectivity index (χ3v) is 6.76. The predicted molar refractivity (Wildman–Crippen MR) is 130 cm³/mol. The summed E-state index contributed by atoms with van der Waals surface area (Å²) in [4.78, 5) is 34.0. The average Bonchev–Trinajstić information content (AvgIpc) is 3.34. The number of anilines is 2. The van der Waals surface area contributed by atoms with E-state index in [1.807, 2.05) is 6.07 Å². The molecule has 2 heterocycles. The first-order chi connectivity index (χ1) is 17.5. The number of halogens is 3. The molecule has 1 fully saturated rings. The number of rotatable bonds is 5. The highest BCUT2D eigenvalue weighted by Gasteiger charge is 2.34. The Bertz CT molecular complexity index is 1430. The molecule has 1 amide bonds. The number of nitrogens with one attached hydrogen (secondary N) is 1. The van der Waals surface area contributed by atoms with E-state index < -0.39 is 28.4 Å². The third-order valence-electron chi connectivity index (χ3n) is 6.76. The zero-order valence-corrected chi connectivity index (χ0v) is 20.2. The van der Waals surface area contributed by atoms with E-state index in [1.54, 1.807) is 18.7 Å². The molecule has 9 nitrogen and oxygen atoms in total. The van der Waals surface area contributed by atoms with Crippen molar-refractivity contribution in [2.45, 2.75) is 45.3 Å². The van der Waals surface area contributed by atoms with Gasteiger partial charge in [0.1, 0.15) is 18.2 Å². The van der Waals surface area contributed by atoms with Gasteiger partial charge < -0.3 is 15.0 Å². The van der Waals surface area contributed by atoms with Crippen LogP contribution in [0.4, 0.5) is 30.4 Å². The van der Waals surface area contributed by atoms with Crippen LogP contribution in [0.1, 0.15) is 47.5 Å². The molecule has 1 unspecified atom stereocenters. The molecule has 0 bridgehead atoms. The molecule has 1 aliphatic carbocycles. The van der Waals surface area contributed by atoms with Gasteiger partial charge >= 0.3 is 6.18 Å². The highest BCUT2D eigenvalue weighted by molar-refractivity contribution is 6.02. The molecule has 1 aromatic heterocycles. The molecule has 5 rings (SSSR count). The number of ether oxygens (including phenoxy) is 1. The number of fused-ring (bicyclic) bond motifs is 3. The molecule has 2 aliphatic rings. The maximum Gasteiger partial charge on any atom is 0.416 e. The zero-order valence-electron chi connectivity index (χ0n) is 20.2. The number of hydrogen-bond donors (Lipinski definition) is 1. The van der Waals surface area contributed by atoms with Crippen molar-refractivity contribution < 1.29 is 27.6 Å². The molecule has 0 spiro atoms. The van der Waals surface area contributed by atoms with E-state index in [2.05, 4.69) is 15.3 Å². The molecule has 12 heteroatoms. The molecule has 0 radical (unpaired) electrons. The average molecular weight is 515 g/mol. The molecule has 37 heavy (non-hydrogen) atoms. The van der Waals surface area contributed by atoms with Gasteiger partial charge in [-0.05, 0) is 61.9 Å². The Kier molecular flexibility index (Phi) is 6.22. The van der Waals surface area contributed by atoms with Crippen LogP contribution in [-0.4, -0.2) is 40.6 Å². The predicted octanol–water partition coefficient (Wildman–Crippen LogP) is 4.89. The second-order valence-corrected chi connectivity index (χ2v) is 9.25. The van der Waals surface area contributed by atoms with Crippen LogP contribution in [-0.2, 0) is 28.5 Å². The number of aromatic nitrogens is 2. The van der Waals surface area contributed by atoms with Gasteiger partial charge in [-0.15, -0.1) is 0 Å². The Hall–Kier alpha value is -3.80. The van der Waals surface area contributed by atoms with Gasteiger partial charge in [-0.25, -0.2) is 9.97 Å². The van der Waals surface area contributed by atoms with Crippen LogP contribution >= 0.6 is 0 Å². The zero-order chi connectivity index (χ0) is 26.5. The number of amides is 1. The smallest absolute Gasteiger partial charge is 0.370 e. The van der Waals surface area contributed by atoms with Gasteiger partial charge in [0.25, 0.3) is 11.6 Å². The van der Waals surface area contributed by atoms with E-state index in [1.165, 1.54) is 0 Å². The van der Waals surface area contributed by atoms with Gasteiger partial charge in [0, 0.05) is 29.8 Å². The Labute approximate surface area is 209 Å². The van der Waals surface area contributed by atoms with Crippen LogP contribution in [0, 0.1) is 17.0 Å². The van der Waals surface area contributed by atoms with Gasteiger partial charge in [0.05, 0.1) is 28.7 Å². The molecule has 3 aromatic rings. The van der Waals surface area contributed by atoms with E-state index in [4.69, 9.17) is 4.74 Å². The van der Waals surface area contributed by atoms with E-state index in [9.17, 15) is 28.1 Å². The maximum atomic E-state index is 13.4. The van der Waals surface area contributed by atoms with Gasteiger partial charge in [-0.3, -0.25) is 14.9 Å². The molecule has 0 saturated carbocycles. The first-order valence-electron chi connectivity index (χ1n) is 11.9. The van der Waals surface area contributed by atoms with E-state index in [-0.39, 0.29) is 18.1 Å². The van der Waals surface area contributed by atoms with Crippen LogP contribution in [0.3, 0.4) is 0 Å². The fourth-order valence-electron chi connectivity index (χ4n) is 5.03. The van der Waals surface area contributed by atoms with Crippen LogP contribution in [0.15, 0.2) is 24.3 Å². The quantitative estimate of drug-likeness (QED) is 0.381. The van der Waals surface area contributed by atoms with E-state index >= 15 is 0 Å². The van der Waals surface area contributed by atoms with Crippen molar-refractivity contribution in [2.24, 2.45) is 0 Å². The molecule has 1 saturated heterocycles. The minimum absolute atomic E-state index is 0.00627. The van der Waals surface area contributed by atoms with E-state index in [0.29, 0.717) is 36.2 Å². The van der Waals surface area contributed by atoms with Crippen molar-refractivity contribution in [3.63, 3.8) is 0 Å². The summed E-state index contributed by atoms with van der Waals surface area (Å²) in [6.07, 6.45) is -2.24. The lowest BCUT2D eigenvalue weighted by Crippen LogP contribution is -2.42. The van der Waals surface area contributed by atoms with Crippen molar-refractivity contribution in [2.75, 3.05) is 30.0 Å². The van der Waals surface area contributed by atoms with Crippen molar-refractivity contribution in [3.8, 4) is 0 Å². The highest BCUT2D eigenvalue weighted by Crippen LogP contribution is 2.40. The minimum atomic E-state index is -4.74. The van der Waals surface area contributed by atoms with Gasteiger partial charge in [0.15, 0.2) is 0 Å². The van der Waals surface area contributed by atoms with E-state index in [0.717, 1.165) is 53.7 Å². The number of nitro benzene ring substituents is 1. The summed E-state index contributed by atoms with van der Waals surface area (Å²) in [5.41, 5.74) is 1.94. The summed E-state index contributed by atoms with van der Waals surface area (Å²) in [7, 11) is 0. The summed E-state index contributed by atoms with van der Waals surface area (Å²) in [5.74, 6) is 0.708. The number of nitro groups is 1. The van der Waals surface area contributed by atoms with Crippen LogP contribution in [0.25, 0.3) is 10.9 Å². The topological polar surface area (TPSA) is 110 Å². The molecule has 1 N–H and O–H groups in total. The van der Waals surface area contributed by atoms with Gasteiger partial charge in [-0.1, -0.05) is 0 Å². The number of carbonyl (C=O) groups is 1. The Morgan fingerprint density at radius 1 is 1.16 bits per heavy atom. The second-order valence-electron chi connectivity index (χ2n) is 9.25. The summed E-state index contributed by atoms with van der Waals surface area (Å²) in [5, 5.41) is 15.1. The SMILES string of the molecule is Cc1nc(NC(C)c2cc([N+](=O)[O-])cc(C(F)(F)F)c2)c2cc(N3CCOCC3=O)c3c(c2n1)CCC3.